The maximum atomic E-state index is 11.4. The quantitative estimate of drug-likeness (QED) is 0.575. The Hall–Kier alpha value is -1.80. The number of ether oxygens (including phenoxy) is 1. The first kappa shape index (κ1) is 11.3. The van der Waals surface area contributed by atoms with Crippen LogP contribution in [0.2, 0.25) is 5.15 Å². The molecular formula is C9H8ClN3O2. The van der Waals surface area contributed by atoms with Crippen molar-refractivity contribution in [1.82, 2.24) is 4.98 Å². The van der Waals surface area contributed by atoms with Crippen LogP contribution in [0.3, 0.4) is 0 Å². The van der Waals surface area contributed by atoms with Crippen molar-refractivity contribution in [2.75, 3.05) is 12.8 Å². The lowest BCUT2D eigenvalue weighted by Crippen LogP contribution is -2.11. The average Bonchev–Trinajstić information content (AvgIpc) is 2.21. The molecule has 1 heterocycles. The Morgan fingerprint density at radius 2 is 2.27 bits per heavy atom. The highest BCUT2D eigenvalue weighted by Gasteiger charge is 2.21. The monoisotopic (exact) mass is 225 g/mol. The molecule has 0 radical (unpaired) electrons. The molecule has 5 nitrogen and oxygen atoms in total. The molecule has 0 saturated heterocycles. The van der Waals surface area contributed by atoms with E-state index in [1.807, 2.05) is 0 Å². The number of halogens is 1. The van der Waals surface area contributed by atoms with Gasteiger partial charge in [-0.2, -0.15) is 5.26 Å². The minimum absolute atomic E-state index is 0.0301. The lowest BCUT2D eigenvalue weighted by molar-refractivity contribution is 0.0601. The van der Waals surface area contributed by atoms with Crippen molar-refractivity contribution in [2.45, 2.75) is 6.92 Å². The van der Waals surface area contributed by atoms with Gasteiger partial charge >= 0.3 is 5.97 Å². The fraction of sp³-hybridized carbons (Fsp3) is 0.222. The van der Waals surface area contributed by atoms with E-state index in [4.69, 9.17) is 22.6 Å². The summed E-state index contributed by atoms with van der Waals surface area (Å²) in [5, 5.41) is 8.77. The summed E-state index contributed by atoms with van der Waals surface area (Å²) >= 11 is 5.71. The Labute approximate surface area is 91.4 Å². The molecule has 0 aliphatic rings. The number of methoxy groups -OCH3 is 1. The number of pyridine rings is 1. The van der Waals surface area contributed by atoms with Gasteiger partial charge in [-0.15, -0.1) is 0 Å². The van der Waals surface area contributed by atoms with Crippen LogP contribution in [-0.4, -0.2) is 18.1 Å². The van der Waals surface area contributed by atoms with Gasteiger partial charge in [-0.05, 0) is 6.92 Å². The lowest BCUT2D eigenvalue weighted by Gasteiger charge is -2.08. The van der Waals surface area contributed by atoms with Crippen LogP contribution in [0.1, 0.15) is 21.6 Å². The van der Waals surface area contributed by atoms with Gasteiger partial charge < -0.3 is 10.5 Å². The molecule has 1 aromatic rings. The summed E-state index contributed by atoms with van der Waals surface area (Å²) in [5.74, 6) is -0.698. The second-order valence-corrected chi connectivity index (χ2v) is 3.11. The van der Waals surface area contributed by atoms with Crippen LogP contribution < -0.4 is 5.73 Å². The summed E-state index contributed by atoms with van der Waals surface area (Å²) < 4.78 is 4.51. The van der Waals surface area contributed by atoms with Gasteiger partial charge in [0.25, 0.3) is 0 Å². The van der Waals surface area contributed by atoms with E-state index < -0.39 is 5.97 Å². The summed E-state index contributed by atoms with van der Waals surface area (Å²) in [4.78, 5) is 15.2. The van der Waals surface area contributed by atoms with Crippen molar-refractivity contribution in [1.29, 1.82) is 5.26 Å². The summed E-state index contributed by atoms with van der Waals surface area (Å²) in [6.45, 7) is 1.59. The SMILES string of the molecule is COC(=O)c1c(N)c(C)nc(Cl)c1C#N. The van der Waals surface area contributed by atoms with E-state index in [1.165, 1.54) is 7.11 Å². The number of aromatic nitrogens is 1. The smallest absolute Gasteiger partial charge is 0.341 e. The van der Waals surface area contributed by atoms with Gasteiger partial charge in [-0.3, -0.25) is 0 Å². The second-order valence-electron chi connectivity index (χ2n) is 2.76. The third-order valence-electron chi connectivity index (χ3n) is 1.88. The minimum atomic E-state index is -0.698. The zero-order valence-electron chi connectivity index (χ0n) is 8.17. The fourth-order valence-electron chi connectivity index (χ4n) is 1.10. The number of carbonyl (C=O) groups excluding carboxylic acids is 1. The van der Waals surface area contributed by atoms with Crippen molar-refractivity contribution < 1.29 is 9.53 Å². The minimum Gasteiger partial charge on any atom is -0.465 e. The summed E-state index contributed by atoms with van der Waals surface area (Å²) in [5.41, 5.74) is 6.04. The number of nitrogens with zero attached hydrogens (tertiary/aromatic N) is 2. The molecule has 0 unspecified atom stereocenters. The lowest BCUT2D eigenvalue weighted by atomic mass is 10.1. The number of hydrogen-bond acceptors (Lipinski definition) is 5. The van der Waals surface area contributed by atoms with Crippen LogP contribution in [0.5, 0.6) is 0 Å². The van der Waals surface area contributed by atoms with Crippen molar-refractivity contribution in [3.05, 3.63) is 22.0 Å². The highest BCUT2D eigenvalue weighted by Crippen LogP contribution is 2.25. The number of anilines is 1. The van der Waals surface area contributed by atoms with Gasteiger partial charge in [0.2, 0.25) is 0 Å². The number of carbonyl (C=O) groups is 1. The number of nitrogens with two attached hydrogens (primary N) is 1. The summed E-state index contributed by atoms with van der Waals surface area (Å²) in [6.07, 6.45) is 0. The number of nitriles is 1. The number of esters is 1. The highest BCUT2D eigenvalue weighted by atomic mass is 35.5. The molecule has 78 valence electrons. The van der Waals surface area contributed by atoms with Crippen molar-refractivity contribution in [3.63, 3.8) is 0 Å². The van der Waals surface area contributed by atoms with Gasteiger partial charge in [0, 0.05) is 0 Å². The van der Waals surface area contributed by atoms with Gasteiger partial charge in [0.1, 0.15) is 22.3 Å². The molecule has 0 atom stereocenters. The van der Waals surface area contributed by atoms with Crippen molar-refractivity contribution in [2.24, 2.45) is 0 Å². The molecule has 1 rings (SSSR count). The van der Waals surface area contributed by atoms with E-state index in [-0.39, 0.29) is 22.0 Å². The number of rotatable bonds is 1. The van der Waals surface area contributed by atoms with Crippen LogP contribution in [0.4, 0.5) is 5.69 Å². The highest BCUT2D eigenvalue weighted by molar-refractivity contribution is 6.31. The largest absolute Gasteiger partial charge is 0.465 e. The third-order valence-corrected chi connectivity index (χ3v) is 2.16. The van der Waals surface area contributed by atoms with Gasteiger partial charge in [0.15, 0.2) is 0 Å². The first-order chi connectivity index (χ1) is 7.02. The Balaban J connectivity index is 3.60. The maximum Gasteiger partial charge on any atom is 0.341 e. The molecule has 1 aromatic heterocycles. The van der Waals surface area contributed by atoms with Gasteiger partial charge in [-0.1, -0.05) is 11.6 Å². The van der Waals surface area contributed by atoms with Crippen LogP contribution in [0.25, 0.3) is 0 Å². The van der Waals surface area contributed by atoms with Crippen LogP contribution >= 0.6 is 11.6 Å². The van der Waals surface area contributed by atoms with Crippen molar-refractivity contribution >= 4 is 23.3 Å². The molecule has 0 aliphatic carbocycles. The average molecular weight is 226 g/mol. The Kier molecular flexibility index (Phi) is 3.12. The Bertz CT molecular complexity index is 465. The molecule has 0 aliphatic heterocycles. The third kappa shape index (κ3) is 1.85. The first-order valence-electron chi connectivity index (χ1n) is 3.96. The van der Waals surface area contributed by atoms with Crippen molar-refractivity contribution in [3.8, 4) is 6.07 Å². The molecular weight excluding hydrogens is 218 g/mol. The van der Waals surface area contributed by atoms with Crippen LogP contribution in [0.15, 0.2) is 0 Å². The number of hydrogen-bond donors (Lipinski definition) is 1. The predicted octanol–water partition coefficient (Wildman–Crippen LogP) is 1.28. The maximum absolute atomic E-state index is 11.4. The van der Waals surface area contributed by atoms with Crippen LogP contribution in [-0.2, 0) is 4.74 Å². The fourth-order valence-corrected chi connectivity index (χ4v) is 1.36. The molecule has 0 bridgehead atoms. The summed E-state index contributed by atoms with van der Waals surface area (Å²) in [6, 6.07) is 1.77. The van der Waals surface area contributed by atoms with E-state index in [0.717, 1.165) is 0 Å². The van der Waals surface area contributed by atoms with E-state index in [1.54, 1.807) is 13.0 Å². The molecule has 2 N–H and O–H groups in total. The normalized spacial score (nSPS) is 9.47. The molecule has 15 heavy (non-hydrogen) atoms. The number of aryl methyl sites for hydroxylation is 1. The van der Waals surface area contributed by atoms with Crippen LogP contribution in [0, 0.1) is 18.3 Å². The zero-order valence-corrected chi connectivity index (χ0v) is 8.92. The van der Waals surface area contributed by atoms with Gasteiger partial charge in [0.05, 0.1) is 18.5 Å². The molecule has 0 spiro atoms. The predicted molar refractivity (Wildman–Crippen MR) is 54.5 cm³/mol. The molecule has 0 saturated carbocycles. The Morgan fingerprint density at radius 3 is 2.73 bits per heavy atom. The zero-order chi connectivity index (χ0) is 11.6. The molecule has 0 aromatic carbocycles. The standard InChI is InChI=1S/C9H8ClN3O2/c1-4-7(12)6(9(14)15-2)5(3-11)8(10)13-4/h12H2,1-2H3. The van der Waals surface area contributed by atoms with E-state index in [9.17, 15) is 4.79 Å². The van der Waals surface area contributed by atoms with Gasteiger partial charge in [-0.25, -0.2) is 9.78 Å². The molecule has 0 fully saturated rings. The van der Waals surface area contributed by atoms with E-state index in [0.29, 0.717) is 5.69 Å². The van der Waals surface area contributed by atoms with E-state index >= 15 is 0 Å². The first-order valence-corrected chi connectivity index (χ1v) is 4.34. The van der Waals surface area contributed by atoms with E-state index in [2.05, 4.69) is 9.72 Å². The topological polar surface area (TPSA) is 89.0 Å². The molecule has 6 heteroatoms. The second kappa shape index (κ2) is 4.15. The molecule has 0 amide bonds. The number of nitrogen functional groups attached to an aromatic ring is 1. The summed E-state index contributed by atoms with van der Waals surface area (Å²) in [7, 11) is 1.20. The Morgan fingerprint density at radius 1 is 1.67 bits per heavy atom.